The van der Waals surface area contributed by atoms with Gasteiger partial charge in [0, 0.05) is 30.6 Å². The highest BCUT2D eigenvalue weighted by Gasteiger charge is 2.19. The second kappa shape index (κ2) is 5.68. The summed E-state index contributed by atoms with van der Waals surface area (Å²) in [5, 5.41) is 0. The average molecular weight is 278 g/mol. The van der Waals surface area contributed by atoms with Gasteiger partial charge in [-0.2, -0.15) is 0 Å². The van der Waals surface area contributed by atoms with Crippen molar-refractivity contribution in [3.8, 4) is 17.6 Å². The lowest BCUT2D eigenvalue weighted by molar-refractivity contribution is -0.118. The number of aromatic nitrogens is 1. The van der Waals surface area contributed by atoms with Crippen molar-refractivity contribution in [1.29, 1.82) is 0 Å². The molecule has 0 bridgehead atoms. The summed E-state index contributed by atoms with van der Waals surface area (Å²) in [6, 6.07) is 9.39. The molecule has 21 heavy (non-hydrogen) atoms. The Hall–Kier alpha value is -2.80. The number of benzene rings is 1. The number of rotatable bonds is 0. The molecule has 1 aliphatic heterocycles. The minimum absolute atomic E-state index is 0.0583. The molecule has 4 heteroatoms. The van der Waals surface area contributed by atoms with Crippen LogP contribution in [-0.4, -0.2) is 24.5 Å². The highest BCUT2D eigenvalue weighted by Crippen LogP contribution is 2.31. The quantitative estimate of drug-likeness (QED) is 0.694. The second-order valence-corrected chi connectivity index (χ2v) is 4.73. The molecule has 1 aromatic carbocycles. The molecule has 0 N–H and O–H groups in total. The lowest BCUT2D eigenvalue weighted by Gasteiger charge is -2.16. The Morgan fingerprint density at radius 2 is 2.10 bits per heavy atom. The number of hydrogen-bond acceptors (Lipinski definition) is 3. The summed E-state index contributed by atoms with van der Waals surface area (Å²) in [6.45, 7) is 0.398. The zero-order valence-electron chi connectivity index (χ0n) is 11.7. The minimum Gasteiger partial charge on any atom is -0.491 e. The molecule has 0 aliphatic carbocycles. The van der Waals surface area contributed by atoms with E-state index < -0.39 is 0 Å². The molecule has 2 heterocycles. The molecule has 3 rings (SSSR count). The van der Waals surface area contributed by atoms with Crippen LogP contribution in [0.1, 0.15) is 17.5 Å². The van der Waals surface area contributed by atoms with Gasteiger partial charge in [0.15, 0.2) is 0 Å². The van der Waals surface area contributed by atoms with Gasteiger partial charge in [-0.05, 0) is 30.3 Å². The van der Waals surface area contributed by atoms with Gasteiger partial charge in [-0.1, -0.05) is 11.8 Å². The number of fused-ring (bicyclic) bond motifs is 1. The van der Waals surface area contributed by atoms with E-state index in [0.717, 1.165) is 16.8 Å². The van der Waals surface area contributed by atoms with E-state index in [4.69, 9.17) is 4.74 Å². The number of nitrogens with zero attached hydrogens (tertiary/aromatic N) is 2. The average Bonchev–Trinajstić information content (AvgIpc) is 2.66. The number of hydrogen-bond donors (Lipinski definition) is 0. The summed E-state index contributed by atoms with van der Waals surface area (Å²) in [4.78, 5) is 17.4. The molecule has 0 fully saturated rings. The lowest BCUT2D eigenvalue weighted by Crippen LogP contribution is -2.25. The van der Waals surface area contributed by atoms with Crippen molar-refractivity contribution in [2.45, 2.75) is 6.42 Å². The minimum atomic E-state index is 0.0583. The summed E-state index contributed by atoms with van der Waals surface area (Å²) in [5.74, 6) is 6.89. The maximum absolute atomic E-state index is 11.8. The summed E-state index contributed by atoms with van der Waals surface area (Å²) < 4.78 is 5.64. The zero-order chi connectivity index (χ0) is 14.7. The Balaban J connectivity index is 1.92. The molecule has 1 amide bonds. The summed E-state index contributed by atoms with van der Waals surface area (Å²) >= 11 is 0. The molecule has 0 unspecified atom stereocenters. The van der Waals surface area contributed by atoms with Crippen molar-refractivity contribution in [3.63, 3.8) is 0 Å². The van der Waals surface area contributed by atoms with Crippen molar-refractivity contribution in [3.05, 3.63) is 53.9 Å². The van der Waals surface area contributed by atoms with Crippen LogP contribution in [0.3, 0.4) is 0 Å². The smallest absolute Gasteiger partial charge is 0.230 e. The number of anilines is 1. The maximum atomic E-state index is 11.8. The molecule has 0 saturated heterocycles. The number of carbonyl (C=O) groups is 1. The first kappa shape index (κ1) is 13.2. The Labute approximate surface area is 123 Å². The third-order valence-corrected chi connectivity index (χ3v) is 3.28. The fourth-order valence-corrected chi connectivity index (χ4v) is 2.12. The molecule has 0 spiro atoms. The molecule has 104 valence electrons. The van der Waals surface area contributed by atoms with Crippen LogP contribution in [0.5, 0.6) is 5.75 Å². The topological polar surface area (TPSA) is 42.4 Å². The van der Waals surface area contributed by atoms with Gasteiger partial charge in [0.2, 0.25) is 5.91 Å². The van der Waals surface area contributed by atoms with Gasteiger partial charge in [0.1, 0.15) is 5.75 Å². The normalized spacial score (nSPS) is 13.6. The first-order valence-electron chi connectivity index (χ1n) is 6.69. The van der Waals surface area contributed by atoms with Crippen LogP contribution in [0.4, 0.5) is 5.69 Å². The van der Waals surface area contributed by atoms with Crippen molar-refractivity contribution < 1.29 is 9.53 Å². The Morgan fingerprint density at radius 3 is 2.90 bits per heavy atom. The van der Waals surface area contributed by atoms with Crippen LogP contribution in [-0.2, 0) is 4.79 Å². The first-order chi connectivity index (χ1) is 10.2. The molecule has 2 aromatic rings. The predicted molar refractivity (Wildman–Crippen MR) is 80.2 cm³/mol. The maximum Gasteiger partial charge on any atom is 0.230 e. The van der Waals surface area contributed by atoms with Crippen LogP contribution in [0, 0.1) is 11.8 Å². The third kappa shape index (κ3) is 2.87. The summed E-state index contributed by atoms with van der Waals surface area (Å²) in [5.41, 5.74) is 2.49. The van der Waals surface area contributed by atoms with Crippen LogP contribution in [0.25, 0.3) is 0 Å². The highest BCUT2D eigenvalue weighted by atomic mass is 16.5. The van der Waals surface area contributed by atoms with E-state index in [9.17, 15) is 4.79 Å². The van der Waals surface area contributed by atoms with Crippen LogP contribution in [0.2, 0.25) is 0 Å². The van der Waals surface area contributed by atoms with Gasteiger partial charge in [0.25, 0.3) is 0 Å². The molecule has 4 nitrogen and oxygen atoms in total. The monoisotopic (exact) mass is 278 g/mol. The van der Waals surface area contributed by atoms with Crippen molar-refractivity contribution in [2.75, 3.05) is 18.6 Å². The molecule has 1 aromatic heterocycles. The number of ether oxygens (including phenoxy) is 1. The van der Waals surface area contributed by atoms with E-state index in [1.807, 2.05) is 30.3 Å². The molecule has 0 radical (unpaired) electrons. The predicted octanol–water partition coefficient (Wildman–Crippen LogP) is 2.23. The van der Waals surface area contributed by atoms with Gasteiger partial charge >= 0.3 is 0 Å². The van der Waals surface area contributed by atoms with E-state index in [1.165, 1.54) is 0 Å². The van der Waals surface area contributed by atoms with E-state index >= 15 is 0 Å². The van der Waals surface area contributed by atoms with Crippen LogP contribution < -0.4 is 9.64 Å². The third-order valence-electron chi connectivity index (χ3n) is 3.28. The fraction of sp³-hybridized carbons (Fsp3) is 0.176. The van der Waals surface area contributed by atoms with Gasteiger partial charge < -0.3 is 9.64 Å². The molecular formula is C17H14N2O2. The van der Waals surface area contributed by atoms with Gasteiger partial charge in [-0.25, -0.2) is 0 Å². The van der Waals surface area contributed by atoms with Gasteiger partial charge in [0.05, 0.1) is 18.7 Å². The number of carbonyl (C=O) groups excluding carboxylic acids is 1. The molecular weight excluding hydrogens is 264 g/mol. The standard InChI is InChI=1S/C17H14N2O2/c1-19-15-7-6-13(4-5-14-3-2-9-18-12-14)11-16(15)21-10-8-17(19)20/h2-3,6-7,9,11-12H,8,10H2,1H3. The summed E-state index contributed by atoms with van der Waals surface area (Å²) in [6.07, 6.45) is 3.83. The highest BCUT2D eigenvalue weighted by molar-refractivity contribution is 5.95. The van der Waals surface area contributed by atoms with Crippen molar-refractivity contribution in [1.82, 2.24) is 4.98 Å². The summed E-state index contributed by atoms with van der Waals surface area (Å²) in [7, 11) is 1.76. The van der Waals surface area contributed by atoms with E-state index in [0.29, 0.717) is 18.8 Å². The van der Waals surface area contributed by atoms with E-state index in [-0.39, 0.29) is 5.91 Å². The Morgan fingerprint density at radius 1 is 1.24 bits per heavy atom. The molecule has 1 aliphatic rings. The van der Waals surface area contributed by atoms with E-state index in [2.05, 4.69) is 16.8 Å². The van der Waals surface area contributed by atoms with Gasteiger partial charge in [-0.3, -0.25) is 9.78 Å². The lowest BCUT2D eigenvalue weighted by atomic mass is 10.1. The number of pyridine rings is 1. The zero-order valence-corrected chi connectivity index (χ0v) is 11.7. The Kier molecular flexibility index (Phi) is 3.57. The largest absolute Gasteiger partial charge is 0.491 e. The SMILES string of the molecule is CN1C(=O)CCOc2cc(C#Cc3cccnc3)ccc21. The van der Waals surface area contributed by atoms with Crippen molar-refractivity contribution in [2.24, 2.45) is 0 Å². The van der Waals surface area contributed by atoms with Crippen molar-refractivity contribution >= 4 is 11.6 Å². The van der Waals surface area contributed by atoms with E-state index in [1.54, 1.807) is 24.3 Å². The second-order valence-electron chi connectivity index (χ2n) is 4.73. The number of amides is 1. The molecule has 0 atom stereocenters. The molecule has 0 saturated carbocycles. The Bertz CT molecular complexity index is 729. The van der Waals surface area contributed by atoms with Crippen LogP contribution >= 0.6 is 0 Å². The van der Waals surface area contributed by atoms with Gasteiger partial charge in [-0.15, -0.1) is 0 Å². The first-order valence-corrected chi connectivity index (χ1v) is 6.69. The van der Waals surface area contributed by atoms with Crippen LogP contribution in [0.15, 0.2) is 42.7 Å². The fourth-order valence-electron chi connectivity index (χ4n) is 2.12.